The zero-order valence-electron chi connectivity index (χ0n) is 14.3. The highest BCUT2D eigenvalue weighted by Crippen LogP contribution is 2.25. The van der Waals surface area contributed by atoms with Gasteiger partial charge in [0, 0.05) is 6.42 Å². The summed E-state index contributed by atoms with van der Waals surface area (Å²) in [7, 11) is 0. The molecule has 0 bridgehead atoms. The summed E-state index contributed by atoms with van der Waals surface area (Å²) in [5.74, 6) is -2.47. The van der Waals surface area contributed by atoms with Crippen LogP contribution in [-0.2, 0) is 22.4 Å². The topological polar surface area (TPSA) is 133 Å². The molecule has 2 aromatic rings. The van der Waals surface area contributed by atoms with E-state index in [0.717, 1.165) is 5.56 Å². The molecule has 2 atom stereocenters. The second-order valence-electron chi connectivity index (χ2n) is 6.47. The molecule has 0 aliphatic carbocycles. The van der Waals surface area contributed by atoms with E-state index in [-0.39, 0.29) is 24.3 Å². The average Bonchev–Trinajstić information content (AvgIpc) is 2.57. The standard InChI is InChI=1S/C19H22N2O5/c1-19(20,11-12-5-3-2-4-6-12)18(26)21-14(17(24)25)9-13-7-8-15(22)16(23)10-13/h2-8,10,14,22-23H,9,11,20H2,1H3,(H,21,26)(H,24,25)/t14-,19-/m0/s1. The lowest BCUT2D eigenvalue weighted by molar-refractivity contribution is -0.142. The molecule has 138 valence electrons. The zero-order valence-corrected chi connectivity index (χ0v) is 14.3. The van der Waals surface area contributed by atoms with Crippen molar-refractivity contribution in [2.75, 3.05) is 0 Å². The lowest BCUT2D eigenvalue weighted by Crippen LogP contribution is -2.57. The van der Waals surface area contributed by atoms with E-state index in [2.05, 4.69) is 5.32 Å². The van der Waals surface area contributed by atoms with E-state index in [9.17, 15) is 24.9 Å². The quantitative estimate of drug-likeness (QED) is 0.472. The molecule has 2 aromatic carbocycles. The second-order valence-corrected chi connectivity index (χ2v) is 6.47. The van der Waals surface area contributed by atoms with Crippen molar-refractivity contribution < 1.29 is 24.9 Å². The van der Waals surface area contributed by atoms with Crippen LogP contribution in [0.1, 0.15) is 18.1 Å². The number of carboxylic acid groups (broad SMARTS) is 1. The Morgan fingerprint density at radius 1 is 1.08 bits per heavy atom. The maximum Gasteiger partial charge on any atom is 0.326 e. The Morgan fingerprint density at radius 2 is 1.73 bits per heavy atom. The number of aromatic hydroxyl groups is 2. The van der Waals surface area contributed by atoms with Gasteiger partial charge in [0.15, 0.2) is 11.5 Å². The molecule has 26 heavy (non-hydrogen) atoms. The van der Waals surface area contributed by atoms with E-state index >= 15 is 0 Å². The summed E-state index contributed by atoms with van der Waals surface area (Å²) in [4.78, 5) is 24.0. The Bertz CT molecular complexity index is 790. The lowest BCUT2D eigenvalue weighted by Gasteiger charge is -2.26. The number of nitrogens with one attached hydrogen (secondary N) is 1. The predicted octanol–water partition coefficient (Wildman–Crippen LogP) is 1.17. The highest BCUT2D eigenvalue weighted by molar-refractivity contribution is 5.90. The number of phenols is 2. The monoisotopic (exact) mass is 358 g/mol. The summed E-state index contributed by atoms with van der Waals surface area (Å²) >= 11 is 0. The molecule has 0 fully saturated rings. The first-order valence-electron chi connectivity index (χ1n) is 8.06. The van der Waals surface area contributed by atoms with Crippen LogP contribution < -0.4 is 11.1 Å². The molecule has 1 amide bonds. The maximum atomic E-state index is 12.5. The van der Waals surface area contributed by atoms with Crippen LogP contribution >= 0.6 is 0 Å². The highest BCUT2D eigenvalue weighted by Gasteiger charge is 2.32. The van der Waals surface area contributed by atoms with E-state index in [1.807, 2.05) is 30.3 Å². The molecular weight excluding hydrogens is 336 g/mol. The highest BCUT2D eigenvalue weighted by atomic mass is 16.4. The van der Waals surface area contributed by atoms with Gasteiger partial charge in [0.1, 0.15) is 6.04 Å². The molecular formula is C19H22N2O5. The summed E-state index contributed by atoms with van der Waals surface area (Å²) in [5, 5.41) is 30.7. The fourth-order valence-corrected chi connectivity index (χ4v) is 2.56. The molecule has 0 aliphatic rings. The SMILES string of the molecule is C[C@](N)(Cc1ccccc1)C(=O)N[C@@H](Cc1ccc(O)c(O)c1)C(=O)O. The number of aliphatic carboxylic acids is 1. The minimum atomic E-state index is -1.29. The number of benzene rings is 2. The molecule has 0 aliphatic heterocycles. The van der Waals surface area contributed by atoms with Crippen molar-refractivity contribution in [3.63, 3.8) is 0 Å². The molecule has 7 nitrogen and oxygen atoms in total. The summed E-state index contributed by atoms with van der Waals surface area (Å²) < 4.78 is 0. The van der Waals surface area contributed by atoms with Gasteiger partial charge in [-0.3, -0.25) is 4.79 Å². The van der Waals surface area contributed by atoms with E-state index < -0.39 is 23.5 Å². The number of rotatable bonds is 7. The number of carbonyl (C=O) groups is 2. The minimum absolute atomic E-state index is 0.0592. The van der Waals surface area contributed by atoms with Crippen LogP contribution in [0.3, 0.4) is 0 Å². The number of phenolic OH excluding ortho intramolecular Hbond substituents is 2. The average molecular weight is 358 g/mol. The van der Waals surface area contributed by atoms with Gasteiger partial charge < -0.3 is 26.4 Å². The van der Waals surface area contributed by atoms with E-state index in [4.69, 9.17) is 5.73 Å². The van der Waals surface area contributed by atoms with Gasteiger partial charge in [-0.15, -0.1) is 0 Å². The normalized spacial score (nSPS) is 14.2. The second kappa shape index (κ2) is 7.88. The van der Waals surface area contributed by atoms with Gasteiger partial charge in [0.2, 0.25) is 5.91 Å². The Kier molecular flexibility index (Phi) is 5.84. The van der Waals surface area contributed by atoms with Gasteiger partial charge in [-0.05, 0) is 36.6 Å². The zero-order chi connectivity index (χ0) is 19.3. The number of hydrogen-bond acceptors (Lipinski definition) is 5. The molecule has 0 heterocycles. The van der Waals surface area contributed by atoms with Crippen molar-refractivity contribution in [1.82, 2.24) is 5.32 Å². The fourth-order valence-electron chi connectivity index (χ4n) is 2.56. The van der Waals surface area contributed by atoms with E-state index in [0.29, 0.717) is 5.56 Å². The van der Waals surface area contributed by atoms with Gasteiger partial charge in [-0.2, -0.15) is 0 Å². The van der Waals surface area contributed by atoms with E-state index in [1.165, 1.54) is 18.2 Å². The number of nitrogens with two attached hydrogens (primary N) is 1. The van der Waals surface area contributed by atoms with Gasteiger partial charge in [0.05, 0.1) is 5.54 Å². The van der Waals surface area contributed by atoms with Crippen LogP contribution in [0, 0.1) is 0 Å². The first-order valence-corrected chi connectivity index (χ1v) is 8.06. The molecule has 6 N–H and O–H groups in total. The van der Waals surface area contributed by atoms with Crippen molar-refractivity contribution in [3.05, 3.63) is 59.7 Å². The largest absolute Gasteiger partial charge is 0.504 e. The molecule has 7 heteroatoms. The molecule has 0 aromatic heterocycles. The first-order chi connectivity index (χ1) is 12.2. The van der Waals surface area contributed by atoms with Crippen molar-refractivity contribution >= 4 is 11.9 Å². The van der Waals surface area contributed by atoms with Crippen molar-refractivity contribution in [2.24, 2.45) is 5.73 Å². The van der Waals surface area contributed by atoms with Crippen LogP contribution in [0.25, 0.3) is 0 Å². The third-order valence-electron chi connectivity index (χ3n) is 4.02. The Labute approximate surface area is 151 Å². The smallest absolute Gasteiger partial charge is 0.326 e. The molecule has 2 rings (SSSR count). The Balaban J connectivity index is 2.09. The number of carboxylic acids is 1. The summed E-state index contributed by atoms with van der Waals surface area (Å²) in [5.41, 5.74) is 6.13. The van der Waals surface area contributed by atoms with Gasteiger partial charge in [0.25, 0.3) is 0 Å². The molecule has 0 unspecified atom stereocenters. The first kappa shape index (κ1) is 19.3. The summed E-state index contributed by atoms with van der Waals surface area (Å²) in [6, 6.07) is 12.0. The Hall–Kier alpha value is -3.06. The molecule has 0 spiro atoms. The molecule has 0 saturated heterocycles. The third-order valence-corrected chi connectivity index (χ3v) is 4.02. The molecule has 0 saturated carbocycles. The Morgan fingerprint density at radius 3 is 2.31 bits per heavy atom. The van der Waals surface area contributed by atoms with Crippen LogP contribution in [0.15, 0.2) is 48.5 Å². The number of carbonyl (C=O) groups excluding carboxylic acids is 1. The maximum absolute atomic E-state index is 12.5. The van der Waals surface area contributed by atoms with Crippen LogP contribution in [0.2, 0.25) is 0 Å². The van der Waals surface area contributed by atoms with Crippen molar-refractivity contribution in [1.29, 1.82) is 0 Å². The third kappa shape index (κ3) is 4.97. The van der Waals surface area contributed by atoms with Crippen LogP contribution in [0.4, 0.5) is 0 Å². The predicted molar refractivity (Wildman–Crippen MR) is 95.8 cm³/mol. The van der Waals surface area contributed by atoms with Crippen molar-refractivity contribution in [3.8, 4) is 11.5 Å². The number of amides is 1. The van der Waals surface area contributed by atoms with Crippen LogP contribution in [-0.4, -0.2) is 38.8 Å². The minimum Gasteiger partial charge on any atom is -0.504 e. The summed E-state index contributed by atoms with van der Waals surface area (Å²) in [6.45, 7) is 1.54. The fraction of sp³-hybridized carbons (Fsp3) is 0.263. The van der Waals surface area contributed by atoms with Crippen molar-refractivity contribution in [2.45, 2.75) is 31.3 Å². The van der Waals surface area contributed by atoms with Gasteiger partial charge in [-0.25, -0.2) is 4.79 Å². The van der Waals surface area contributed by atoms with Gasteiger partial charge >= 0.3 is 5.97 Å². The lowest BCUT2D eigenvalue weighted by atomic mass is 9.92. The summed E-state index contributed by atoms with van der Waals surface area (Å²) in [6.07, 6.45) is 0.197. The van der Waals surface area contributed by atoms with E-state index in [1.54, 1.807) is 6.92 Å². The molecule has 0 radical (unpaired) electrons. The number of hydrogen-bond donors (Lipinski definition) is 5. The van der Waals surface area contributed by atoms with Crippen LogP contribution in [0.5, 0.6) is 11.5 Å². The van der Waals surface area contributed by atoms with Gasteiger partial charge in [-0.1, -0.05) is 36.4 Å².